The number of carbonyl (C=O) groups is 2. The standard InChI is InChI=1S/C21H24ClFN4O2S/c22-17-11-16(23)6-5-15(17)12-26-7-9-27(10-8-26)13-21(29)25-18-3-1-2-4-19(18)30-14-20(24)28/h1-6,11H,7-10,12-14H2,(H2,24,28)(H,25,29). The van der Waals surface area contributed by atoms with Gasteiger partial charge in [-0.15, -0.1) is 11.8 Å². The van der Waals surface area contributed by atoms with Gasteiger partial charge in [0, 0.05) is 42.6 Å². The first-order valence-electron chi connectivity index (χ1n) is 9.59. The topological polar surface area (TPSA) is 78.7 Å². The average Bonchev–Trinajstić information content (AvgIpc) is 2.70. The van der Waals surface area contributed by atoms with Gasteiger partial charge in [0.05, 0.1) is 18.0 Å². The monoisotopic (exact) mass is 450 g/mol. The molecule has 0 atom stereocenters. The molecule has 0 radical (unpaired) electrons. The molecule has 0 unspecified atom stereocenters. The Hall–Kier alpha value is -2.13. The molecule has 2 amide bonds. The summed E-state index contributed by atoms with van der Waals surface area (Å²) in [5.41, 5.74) is 6.78. The van der Waals surface area contributed by atoms with E-state index < -0.39 is 5.91 Å². The number of nitrogens with zero attached hydrogens (tertiary/aromatic N) is 2. The van der Waals surface area contributed by atoms with Crippen molar-refractivity contribution < 1.29 is 14.0 Å². The second-order valence-electron chi connectivity index (χ2n) is 7.09. The number of hydrogen-bond acceptors (Lipinski definition) is 5. The summed E-state index contributed by atoms with van der Waals surface area (Å²) in [6.07, 6.45) is 0. The average molecular weight is 451 g/mol. The van der Waals surface area contributed by atoms with Crippen LogP contribution in [0.25, 0.3) is 0 Å². The number of carbonyl (C=O) groups excluding carboxylic acids is 2. The van der Waals surface area contributed by atoms with Gasteiger partial charge < -0.3 is 11.1 Å². The van der Waals surface area contributed by atoms with Crippen LogP contribution in [0, 0.1) is 5.82 Å². The van der Waals surface area contributed by atoms with Crippen LogP contribution < -0.4 is 11.1 Å². The number of amides is 2. The molecule has 9 heteroatoms. The summed E-state index contributed by atoms with van der Waals surface area (Å²) in [4.78, 5) is 28.7. The predicted molar refractivity (Wildman–Crippen MR) is 118 cm³/mol. The lowest BCUT2D eigenvalue weighted by Gasteiger charge is -2.34. The van der Waals surface area contributed by atoms with Gasteiger partial charge in [0.25, 0.3) is 0 Å². The highest BCUT2D eigenvalue weighted by molar-refractivity contribution is 8.00. The molecular weight excluding hydrogens is 427 g/mol. The summed E-state index contributed by atoms with van der Waals surface area (Å²) in [7, 11) is 0. The largest absolute Gasteiger partial charge is 0.369 e. The smallest absolute Gasteiger partial charge is 0.238 e. The normalized spacial score (nSPS) is 15.1. The Balaban J connectivity index is 1.47. The van der Waals surface area contributed by atoms with Crippen LogP contribution >= 0.6 is 23.4 Å². The summed E-state index contributed by atoms with van der Waals surface area (Å²) >= 11 is 7.42. The Morgan fingerprint density at radius 1 is 1.10 bits per heavy atom. The van der Waals surface area contributed by atoms with E-state index in [2.05, 4.69) is 15.1 Å². The van der Waals surface area contributed by atoms with Crippen LogP contribution in [0.2, 0.25) is 5.02 Å². The van der Waals surface area contributed by atoms with E-state index in [1.54, 1.807) is 6.07 Å². The predicted octanol–water partition coefficient (Wildman–Crippen LogP) is 2.81. The number of primary amides is 1. The summed E-state index contributed by atoms with van der Waals surface area (Å²) in [6, 6.07) is 11.8. The van der Waals surface area contributed by atoms with Crippen LogP contribution in [0.4, 0.5) is 10.1 Å². The first kappa shape index (κ1) is 22.6. The van der Waals surface area contributed by atoms with Crippen LogP contribution in [0.1, 0.15) is 5.56 Å². The zero-order chi connectivity index (χ0) is 21.5. The van der Waals surface area contributed by atoms with Crippen molar-refractivity contribution in [3.8, 4) is 0 Å². The number of nitrogens with two attached hydrogens (primary N) is 1. The van der Waals surface area contributed by atoms with E-state index in [1.165, 1.54) is 23.9 Å². The second-order valence-corrected chi connectivity index (χ2v) is 8.51. The Labute approximate surface area is 184 Å². The van der Waals surface area contributed by atoms with Crippen LogP contribution in [0.15, 0.2) is 47.4 Å². The molecule has 0 aromatic heterocycles. The van der Waals surface area contributed by atoms with Crippen molar-refractivity contribution in [2.75, 3.05) is 43.8 Å². The van der Waals surface area contributed by atoms with E-state index in [4.69, 9.17) is 17.3 Å². The lowest BCUT2D eigenvalue weighted by molar-refractivity contribution is -0.118. The van der Waals surface area contributed by atoms with Crippen LogP contribution in [-0.2, 0) is 16.1 Å². The number of rotatable bonds is 8. The third-order valence-corrected chi connectivity index (χ3v) is 6.22. The Bertz CT molecular complexity index is 906. The molecule has 1 heterocycles. The lowest BCUT2D eigenvalue weighted by Crippen LogP contribution is -2.48. The van der Waals surface area contributed by atoms with Gasteiger partial charge in [-0.1, -0.05) is 29.8 Å². The molecule has 1 fully saturated rings. The number of thioether (sulfide) groups is 1. The number of nitrogens with one attached hydrogen (secondary N) is 1. The van der Waals surface area contributed by atoms with Crippen molar-refractivity contribution in [3.05, 3.63) is 58.9 Å². The number of halogens is 2. The fourth-order valence-electron chi connectivity index (χ4n) is 3.23. The summed E-state index contributed by atoms with van der Waals surface area (Å²) < 4.78 is 13.2. The minimum atomic E-state index is -0.402. The highest BCUT2D eigenvalue weighted by Crippen LogP contribution is 2.26. The minimum Gasteiger partial charge on any atom is -0.369 e. The number of benzene rings is 2. The molecule has 1 aliphatic rings. The third kappa shape index (κ3) is 6.70. The van der Waals surface area contributed by atoms with Crippen molar-refractivity contribution in [3.63, 3.8) is 0 Å². The van der Waals surface area contributed by atoms with Gasteiger partial charge in [-0.2, -0.15) is 0 Å². The number of para-hydroxylation sites is 1. The van der Waals surface area contributed by atoms with Crippen molar-refractivity contribution in [1.82, 2.24) is 9.80 Å². The van der Waals surface area contributed by atoms with Crippen molar-refractivity contribution in [2.45, 2.75) is 11.4 Å². The molecule has 30 heavy (non-hydrogen) atoms. The molecule has 160 valence electrons. The maximum atomic E-state index is 13.2. The molecule has 2 aromatic carbocycles. The van der Waals surface area contributed by atoms with Gasteiger partial charge in [0.1, 0.15) is 5.82 Å². The molecule has 0 saturated carbocycles. The molecule has 6 nitrogen and oxygen atoms in total. The van der Waals surface area contributed by atoms with Crippen LogP contribution in [-0.4, -0.2) is 60.1 Å². The molecule has 2 aromatic rings. The van der Waals surface area contributed by atoms with Gasteiger partial charge in [-0.3, -0.25) is 19.4 Å². The first-order valence-corrected chi connectivity index (χ1v) is 11.0. The molecule has 0 aliphatic carbocycles. The number of anilines is 1. The Morgan fingerprint density at radius 3 is 2.50 bits per heavy atom. The molecule has 3 rings (SSSR count). The lowest BCUT2D eigenvalue weighted by atomic mass is 10.2. The van der Waals surface area contributed by atoms with E-state index in [0.717, 1.165) is 36.6 Å². The van der Waals surface area contributed by atoms with E-state index >= 15 is 0 Å². The van der Waals surface area contributed by atoms with E-state index in [0.29, 0.717) is 23.8 Å². The zero-order valence-electron chi connectivity index (χ0n) is 16.4. The van der Waals surface area contributed by atoms with E-state index in [9.17, 15) is 14.0 Å². The molecule has 3 N–H and O–H groups in total. The Morgan fingerprint density at radius 2 is 1.80 bits per heavy atom. The van der Waals surface area contributed by atoms with Gasteiger partial charge in [0.2, 0.25) is 11.8 Å². The van der Waals surface area contributed by atoms with E-state index in [1.807, 2.05) is 24.3 Å². The van der Waals surface area contributed by atoms with Gasteiger partial charge in [-0.25, -0.2) is 4.39 Å². The maximum Gasteiger partial charge on any atom is 0.238 e. The van der Waals surface area contributed by atoms with Gasteiger partial charge in [0.15, 0.2) is 0 Å². The van der Waals surface area contributed by atoms with Gasteiger partial charge >= 0.3 is 0 Å². The third-order valence-electron chi connectivity index (χ3n) is 4.77. The summed E-state index contributed by atoms with van der Waals surface area (Å²) in [5, 5.41) is 3.36. The molecule has 1 aliphatic heterocycles. The summed E-state index contributed by atoms with van der Waals surface area (Å²) in [6.45, 7) is 4.05. The molecule has 0 bridgehead atoms. The minimum absolute atomic E-state index is 0.0999. The number of hydrogen-bond donors (Lipinski definition) is 2. The number of piperazine rings is 1. The zero-order valence-corrected chi connectivity index (χ0v) is 18.0. The highest BCUT2D eigenvalue weighted by Gasteiger charge is 2.20. The van der Waals surface area contributed by atoms with Crippen LogP contribution in [0.3, 0.4) is 0 Å². The molecule has 1 saturated heterocycles. The maximum absolute atomic E-state index is 13.2. The van der Waals surface area contributed by atoms with Gasteiger partial charge in [-0.05, 0) is 29.8 Å². The Kier molecular flexibility index (Phi) is 8.09. The second kappa shape index (κ2) is 10.8. The SMILES string of the molecule is NC(=O)CSc1ccccc1NC(=O)CN1CCN(Cc2ccc(F)cc2Cl)CC1. The first-order chi connectivity index (χ1) is 14.4. The molecule has 0 spiro atoms. The quantitative estimate of drug-likeness (QED) is 0.604. The van der Waals surface area contributed by atoms with Crippen molar-refractivity contribution in [2.24, 2.45) is 5.73 Å². The highest BCUT2D eigenvalue weighted by atomic mass is 35.5. The van der Waals surface area contributed by atoms with E-state index in [-0.39, 0.29) is 17.5 Å². The summed E-state index contributed by atoms with van der Waals surface area (Å²) in [5.74, 6) is -0.681. The van der Waals surface area contributed by atoms with Crippen LogP contribution in [0.5, 0.6) is 0 Å². The van der Waals surface area contributed by atoms with Crippen molar-refractivity contribution >= 4 is 40.9 Å². The molecular formula is C21H24ClFN4O2S. The van der Waals surface area contributed by atoms with Crippen molar-refractivity contribution in [1.29, 1.82) is 0 Å². The fourth-order valence-corrected chi connectivity index (χ4v) is 4.21. The fraction of sp³-hybridized carbons (Fsp3) is 0.333.